The number of hydrogen-bond acceptors (Lipinski definition) is 7. The number of aliphatic hydroxyl groups is 2. The van der Waals surface area contributed by atoms with Crippen molar-refractivity contribution in [3.8, 4) is 0 Å². The minimum absolute atomic E-state index is 0.00321. The van der Waals surface area contributed by atoms with Gasteiger partial charge >= 0.3 is 0 Å². The van der Waals surface area contributed by atoms with Gasteiger partial charge in [-0.2, -0.15) is 0 Å². The molecule has 2 heterocycles. The number of aliphatic hydroxyl groups excluding tert-OH is 2. The Kier molecular flexibility index (Phi) is 5.44. The van der Waals surface area contributed by atoms with Gasteiger partial charge in [-0.25, -0.2) is 15.0 Å². The Morgan fingerprint density at radius 2 is 1.90 bits per heavy atom. The molecule has 4 rings (SSSR count). The molecule has 0 spiro atoms. The Morgan fingerprint density at radius 3 is 2.52 bits per heavy atom. The Balaban J connectivity index is 1.49. The van der Waals surface area contributed by atoms with Crippen LogP contribution in [0, 0.1) is 5.41 Å². The summed E-state index contributed by atoms with van der Waals surface area (Å²) >= 11 is 0. The summed E-state index contributed by atoms with van der Waals surface area (Å²) in [7, 11) is 2.05. The molecule has 2 saturated carbocycles. The fourth-order valence-electron chi connectivity index (χ4n) is 4.88. The van der Waals surface area contributed by atoms with Gasteiger partial charge in [0.1, 0.15) is 6.33 Å². The lowest BCUT2D eigenvalue weighted by Crippen LogP contribution is -2.44. The van der Waals surface area contributed by atoms with Gasteiger partial charge in [-0.05, 0) is 38.5 Å². The average Bonchev–Trinajstić information content (AvgIpc) is 3.12. The zero-order chi connectivity index (χ0) is 20.6. The molecule has 2 aromatic rings. The Labute approximate surface area is 170 Å². The zero-order valence-corrected chi connectivity index (χ0v) is 17.1. The number of nitrogens with zero attached hydrogens (tertiary/aromatic N) is 5. The molecule has 0 atom stereocenters. The monoisotopic (exact) mass is 402 g/mol. The van der Waals surface area contributed by atoms with Crippen LogP contribution in [0.3, 0.4) is 0 Å². The highest BCUT2D eigenvalue weighted by atomic mass is 16.3. The van der Waals surface area contributed by atoms with Crippen LogP contribution in [-0.4, -0.2) is 68.0 Å². The van der Waals surface area contributed by atoms with E-state index >= 15 is 0 Å². The summed E-state index contributed by atoms with van der Waals surface area (Å²) in [6, 6.07) is 0.794. The van der Waals surface area contributed by atoms with Crippen molar-refractivity contribution in [1.29, 1.82) is 0 Å². The molecule has 2 fully saturated rings. The van der Waals surface area contributed by atoms with Crippen LogP contribution in [0.2, 0.25) is 0 Å². The number of rotatable bonds is 6. The van der Waals surface area contributed by atoms with Gasteiger partial charge < -0.3 is 25.0 Å². The van der Waals surface area contributed by atoms with Crippen molar-refractivity contribution in [1.82, 2.24) is 24.8 Å². The third-order valence-electron chi connectivity index (χ3n) is 6.73. The second-order valence-corrected chi connectivity index (χ2v) is 8.72. The number of anilines is 1. The SMILES string of the molecule is CC(=O)NC1CCC(N(C)c2ncnc3c2ncn3C2CC(CO)(CO)C2)CC1. The predicted molar refractivity (Wildman–Crippen MR) is 108 cm³/mol. The Hall–Kier alpha value is -2.26. The predicted octanol–water partition coefficient (Wildman–Crippen LogP) is 1.02. The van der Waals surface area contributed by atoms with Crippen LogP contribution in [0.15, 0.2) is 12.7 Å². The number of aromatic nitrogens is 4. The van der Waals surface area contributed by atoms with E-state index in [9.17, 15) is 15.0 Å². The van der Waals surface area contributed by atoms with Crippen LogP contribution in [-0.2, 0) is 4.79 Å². The van der Waals surface area contributed by atoms with Gasteiger partial charge in [0.05, 0.1) is 19.5 Å². The van der Waals surface area contributed by atoms with Gasteiger partial charge in [0.25, 0.3) is 0 Å². The summed E-state index contributed by atoms with van der Waals surface area (Å²) in [4.78, 5) is 27.1. The van der Waals surface area contributed by atoms with E-state index in [0.29, 0.717) is 18.9 Å². The average molecular weight is 402 g/mol. The minimum atomic E-state index is -0.388. The highest BCUT2D eigenvalue weighted by Gasteiger charge is 2.45. The van der Waals surface area contributed by atoms with Crippen LogP contribution in [0.25, 0.3) is 11.2 Å². The molecule has 1 amide bonds. The third-order valence-corrected chi connectivity index (χ3v) is 6.73. The van der Waals surface area contributed by atoms with Gasteiger partial charge in [-0.3, -0.25) is 4.79 Å². The van der Waals surface area contributed by atoms with E-state index in [-0.39, 0.29) is 36.6 Å². The van der Waals surface area contributed by atoms with E-state index in [0.717, 1.165) is 42.7 Å². The summed E-state index contributed by atoms with van der Waals surface area (Å²) in [5.41, 5.74) is 1.19. The highest BCUT2D eigenvalue weighted by molar-refractivity contribution is 5.83. The second kappa shape index (κ2) is 7.87. The fourth-order valence-corrected chi connectivity index (χ4v) is 4.88. The summed E-state index contributed by atoms with van der Waals surface area (Å²) in [6.45, 7) is 1.56. The summed E-state index contributed by atoms with van der Waals surface area (Å²) in [5, 5.41) is 22.1. The lowest BCUT2D eigenvalue weighted by molar-refractivity contribution is -0.119. The quantitative estimate of drug-likeness (QED) is 0.660. The Morgan fingerprint density at radius 1 is 1.21 bits per heavy atom. The molecule has 0 bridgehead atoms. The number of hydrogen-bond donors (Lipinski definition) is 3. The molecular weight excluding hydrogens is 372 g/mol. The van der Waals surface area contributed by atoms with Crippen LogP contribution in [0.1, 0.15) is 51.5 Å². The van der Waals surface area contributed by atoms with Crippen molar-refractivity contribution >= 4 is 22.9 Å². The lowest BCUT2D eigenvalue weighted by atomic mass is 9.66. The Bertz CT molecular complexity index is 864. The maximum absolute atomic E-state index is 11.3. The zero-order valence-electron chi connectivity index (χ0n) is 17.1. The fraction of sp³-hybridized carbons (Fsp3) is 0.700. The number of nitrogens with one attached hydrogen (secondary N) is 1. The smallest absolute Gasteiger partial charge is 0.217 e. The molecule has 0 saturated heterocycles. The lowest BCUT2D eigenvalue weighted by Gasteiger charge is -2.45. The van der Waals surface area contributed by atoms with Crippen molar-refractivity contribution < 1.29 is 15.0 Å². The van der Waals surface area contributed by atoms with Gasteiger partial charge in [0.15, 0.2) is 17.0 Å². The third kappa shape index (κ3) is 3.69. The van der Waals surface area contributed by atoms with Crippen molar-refractivity contribution in [2.75, 3.05) is 25.2 Å². The molecule has 0 aromatic carbocycles. The van der Waals surface area contributed by atoms with Gasteiger partial charge in [-0.15, -0.1) is 0 Å². The topological polar surface area (TPSA) is 116 Å². The van der Waals surface area contributed by atoms with E-state index in [4.69, 9.17) is 0 Å². The van der Waals surface area contributed by atoms with Crippen LogP contribution >= 0.6 is 0 Å². The molecule has 29 heavy (non-hydrogen) atoms. The summed E-state index contributed by atoms with van der Waals surface area (Å²) in [6.07, 6.45) is 8.72. The molecule has 2 aromatic heterocycles. The number of carbonyl (C=O) groups is 1. The molecule has 158 valence electrons. The molecule has 0 radical (unpaired) electrons. The number of imidazole rings is 1. The van der Waals surface area contributed by atoms with E-state index in [1.165, 1.54) is 0 Å². The van der Waals surface area contributed by atoms with Crippen LogP contribution in [0.5, 0.6) is 0 Å². The maximum Gasteiger partial charge on any atom is 0.217 e. The molecule has 9 nitrogen and oxygen atoms in total. The van der Waals surface area contributed by atoms with Crippen molar-refractivity contribution in [2.24, 2.45) is 5.41 Å². The molecule has 0 aliphatic heterocycles. The number of fused-ring (bicyclic) bond motifs is 1. The molecular formula is C20H30N6O3. The number of carbonyl (C=O) groups excluding carboxylic acids is 1. The molecule has 0 unspecified atom stereocenters. The molecule has 2 aliphatic carbocycles. The van der Waals surface area contributed by atoms with Crippen LogP contribution < -0.4 is 10.2 Å². The first-order valence-electron chi connectivity index (χ1n) is 10.4. The second-order valence-electron chi connectivity index (χ2n) is 8.72. The normalized spacial score (nSPS) is 24.3. The van der Waals surface area contributed by atoms with Crippen molar-refractivity contribution in [3.05, 3.63) is 12.7 Å². The van der Waals surface area contributed by atoms with Crippen LogP contribution in [0.4, 0.5) is 5.82 Å². The van der Waals surface area contributed by atoms with Crippen molar-refractivity contribution in [2.45, 2.75) is 63.6 Å². The maximum atomic E-state index is 11.3. The highest BCUT2D eigenvalue weighted by Crippen LogP contribution is 2.48. The largest absolute Gasteiger partial charge is 0.396 e. The minimum Gasteiger partial charge on any atom is -0.396 e. The first kappa shape index (κ1) is 20.0. The first-order valence-corrected chi connectivity index (χ1v) is 10.4. The van der Waals surface area contributed by atoms with E-state index in [1.807, 2.05) is 4.57 Å². The molecule has 3 N–H and O–H groups in total. The molecule has 9 heteroatoms. The number of amides is 1. The standard InChI is InChI=1S/C20H30N6O3/c1-13(29)24-14-3-5-15(6-4-14)25(2)18-17-19(22-11-21-18)26(12-23-17)16-7-20(8-16,9-27)10-28/h11-12,14-16,27-28H,3-10H2,1-2H3,(H,24,29). The molecule has 2 aliphatic rings. The van der Waals surface area contributed by atoms with E-state index in [1.54, 1.807) is 19.6 Å². The van der Waals surface area contributed by atoms with E-state index in [2.05, 4.69) is 32.2 Å². The van der Waals surface area contributed by atoms with Gasteiger partial charge in [0.2, 0.25) is 5.91 Å². The summed E-state index contributed by atoms with van der Waals surface area (Å²) < 4.78 is 2.05. The summed E-state index contributed by atoms with van der Waals surface area (Å²) in [5.74, 6) is 0.860. The first-order chi connectivity index (χ1) is 14.0. The van der Waals surface area contributed by atoms with Gasteiger partial charge in [0, 0.05) is 37.5 Å². The van der Waals surface area contributed by atoms with Gasteiger partial charge in [-0.1, -0.05) is 0 Å². The van der Waals surface area contributed by atoms with E-state index < -0.39 is 0 Å². The van der Waals surface area contributed by atoms with Crippen molar-refractivity contribution in [3.63, 3.8) is 0 Å².